The summed E-state index contributed by atoms with van der Waals surface area (Å²) < 4.78 is 1.36. The van der Waals surface area contributed by atoms with Crippen LogP contribution >= 0.6 is 0 Å². The molecule has 10 heavy (non-hydrogen) atoms. The molecule has 0 saturated heterocycles. The Morgan fingerprint density at radius 2 is 1.90 bits per heavy atom. The van der Waals surface area contributed by atoms with E-state index in [9.17, 15) is 0 Å². The van der Waals surface area contributed by atoms with Gasteiger partial charge in [-0.1, -0.05) is 0 Å². The molecule has 0 saturated carbocycles. The number of hydrogen-bond acceptors (Lipinski definition) is 0. The second-order valence-corrected chi connectivity index (χ2v) is 19.6. The van der Waals surface area contributed by atoms with Gasteiger partial charge in [0.15, 0.2) is 0 Å². The van der Waals surface area contributed by atoms with Crippen molar-refractivity contribution in [2.75, 3.05) is 0 Å². The van der Waals surface area contributed by atoms with E-state index in [4.69, 9.17) is 0 Å². The standard InChI is InChI=1S/C6H9.3CH3.Sn/c1-4-5-6(2)3;;;;/h4-5H,1-2H2,3H3;3*1H3;/b6-5-;;;;. The third kappa shape index (κ3) is 6.40. The average Bonchev–Trinajstić information content (AvgIpc) is 1.59. The van der Waals surface area contributed by atoms with Gasteiger partial charge in [0.1, 0.15) is 0 Å². The first-order chi connectivity index (χ1) is 4.45. The van der Waals surface area contributed by atoms with Crippen LogP contribution in [0.4, 0.5) is 0 Å². The first kappa shape index (κ1) is 10.3. The van der Waals surface area contributed by atoms with Crippen LogP contribution < -0.4 is 0 Å². The Morgan fingerprint density at radius 3 is 2.20 bits per heavy atom. The van der Waals surface area contributed by atoms with Crippen molar-refractivity contribution in [3.63, 3.8) is 0 Å². The van der Waals surface area contributed by atoms with E-state index in [1.807, 2.05) is 6.08 Å². The second kappa shape index (κ2) is 4.22. The summed E-state index contributed by atoms with van der Waals surface area (Å²) >= 11 is -1.53. The summed E-state index contributed by atoms with van der Waals surface area (Å²) in [6.45, 7) is 5.88. The summed E-state index contributed by atoms with van der Waals surface area (Å²) in [5.41, 5.74) is 1.50. The van der Waals surface area contributed by atoms with Crippen LogP contribution in [0.25, 0.3) is 0 Å². The molecule has 0 aromatic heterocycles. The van der Waals surface area contributed by atoms with Gasteiger partial charge in [0.25, 0.3) is 0 Å². The topological polar surface area (TPSA) is 0 Å². The maximum atomic E-state index is 3.68. The van der Waals surface area contributed by atoms with E-state index in [0.29, 0.717) is 0 Å². The zero-order valence-electron chi connectivity index (χ0n) is 7.57. The van der Waals surface area contributed by atoms with Crippen LogP contribution in [0.3, 0.4) is 0 Å². The molecule has 0 amide bonds. The molecular formula is C9H18Sn. The van der Waals surface area contributed by atoms with Gasteiger partial charge in [-0.05, 0) is 0 Å². The summed E-state index contributed by atoms with van der Waals surface area (Å²) in [6, 6.07) is 0. The van der Waals surface area contributed by atoms with Crippen molar-refractivity contribution in [2.45, 2.75) is 26.2 Å². The van der Waals surface area contributed by atoms with E-state index in [1.54, 1.807) is 0 Å². The first-order valence-corrected chi connectivity index (χ1v) is 14.3. The molecule has 0 aliphatic carbocycles. The van der Waals surface area contributed by atoms with Gasteiger partial charge in [0.2, 0.25) is 0 Å². The summed E-state index contributed by atoms with van der Waals surface area (Å²) in [7, 11) is 0. The molecule has 0 aromatic rings. The predicted molar refractivity (Wildman–Crippen MR) is 52.1 cm³/mol. The molecule has 0 N–H and O–H groups in total. The molecule has 0 rings (SSSR count). The van der Waals surface area contributed by atoms with Crippen molar-refractivity contribution in [1.29, 1.82) is 0 Å². The molecule has 0 fully saturated rings. The van der Waals surface area contributed by atoms with E-state index in [1.165, 1.54) is 10.0 Å². The molecule has 0 nitrogen and oxygen atoms in total. The van der Waals surface area contributed by atoms with Crippen molar-refractivity contribution in [3.05, 3.63) is 24.3 Å². The number of rotatable bonds is 3. The van der Waals surface area contributed by atoms with Crippen LogP contribution in [0, 0.1) is 0 Å². The van der Waals surface area contributed by atoms with E-state index in [0.717, 1.165) is 0 Å². The molecule has 0 bridgehead atoms. The Hall–Kier alpha value is 0.279. The van der Waals surface area contributed by atoms with Gasteiger partial charge in [-0.15, -0.1) is 0 Å². The van der Waals surface area contributed by atoms with E-state index in [2.05, 4.69) is 34.4 Å². The van der Waals surface area contributed by atoms with Gasteiger partial charge in [0, 0.05) is 0 Å². The van der Waals surface area contributed by atoms with E-state index >= 15 is 0 Å². The average molecular weight is 245 g/mol. The monoisotopic (exact) mass is 246 g/mol. The molecule has 0 radical (unpaired) electrons. The molecule has 1 heteroatoms. The minimum absolute atomic E-state index is 1.36. The Morgan fingerprint density at radius 1 is 1.40 bits per heavy atom. The van der Waals surface area contributed by atoms with Crippen molar-refractivity contribution in [3.8, 4) is 0 Å². The van der Waals surface area contributed by atoms with Crippen molar-refractivity contribution in [1.82, 2.24) is 0 Å². The molecule has 0 aromatic carbocycles. The minimum atomic E-state index is -1.53. The van der Waals surface area contributed by atoms with Crippen LogP contribution in [0.5, 0.6) is 0 Å². The molecule has 0 unspecified atom stereocenters. The van der Waals surface area contributed by atoms with Gasteiger partial charge >= 0.3 is 68.9 Å². The predicted octanol–water partition coefficient (Wildman–Crippen LogP) is 3.46. The van der Waals surface area contributed by atoms with Crippen molar-refractivity contribution in [2.24, 2.45) is 0 Å². The fourth-order valence-electron chi connectivity index (χ4n) is 1.10. The summed E-state index contributed by atoms with van der Waals surface area (Å²) in [6.07, 6.45) is 4.01. The molecule has 58 valence electrons. The third-order valence-corrected chi connectivity index (χ3v) is 5.83. The fourth-order valence-corrected chi connectivity index (χ4v) is 6.21. The van der Waals surface area contributed by atoms with Crippen molar-refractivity contribution >= 4 is 18.4 Å². The quantitative estimate of drug-likeness (QED) is 0.527. The Balaban J connectivity index is 3.91. The van der Waals surface area contributed by atoms with Crippen LogP contribution in [-0.2, 0) is 0 Å². The maximum absolute atomic E-state index is 3.68. The third-order valence-electron chi connectivity index (χ3n) is 1.21. The molecule has 0 aliphatic heterocycles. The summed E-state index contributed by atoms with van der Waals surface area (Å²) in [4.78, 5) is 7.36. The molecule has 0 atom stereocenters. The van der Waals surface area contributed by atoms with Gasteiger partial charge in [0.05, 0.1) is 0 Å². The van der Waals surface area contributed by atoms with Crippen LogP contribution in [-0.4, -0.2) is 18.4 Å². The second-order valence-electron chi connectivity index (χ2n) is 3.99. The zero-order valence-corrected chi connectivity index (χ0v) is 10.4. The number of allylic oxidation sites excluding steroid dienone is 3. The fraction of sp³-hybridized carbons (Fsp3) is 0.556. The molecule has 0 spiro atoms. The normalized spacial score (nSPS) is 13.4. The zero-order chi connectivity index (χ0) is 8.20. The Labute approximate surface area is 68.9 Å². The van der Waals surface area contributed by atoms with Gasteiger partial charge in [-0.25, -0.2) is 0 Å². The Bertz CT molecular complexity index is 137. The van der Waals surface area contributed by atoms with Crippen LogP contribution in [0.15, 0.2) is 24.3 Å². The molecule has 0 aliphatic rings. The van der Waals surface area contributed by atoms with E-state index in [-0.39, 0.29) is 0 Å². The van der Waals surface area contributed by atoms with Gasteiger partial charge in [-0.3, -0.25) is 0 Å². The molecule has 0 heterocycles. The van der Waals surface area contributed by atoms with E-state index < -0.39 is 18.4 Å². The summed E-state index contributed by atoms with van der Waals surface area (Å²) in [5.74, 6) is 0. The van der Waals surface area contributed by atoms with Gasteiger partial charge in [-0.2, -0.15) is 0 Å². The van der Waals surface area contributed by atoms with Gasteiger partial charge < -0.3 is 0 Å². The van der Waals surface area contributed by atoms with Crippen LogP contribution in [0.1, 0.15) is 6.92 Å². The van der Waals surface area contributed by atoms with Crippen LogP contribution in [0.2, 0.25) is 19.3 Å². The summed E-state index contributed by atoms with van der Waals surface area (Å²) in [5, 5.41) is 0. The van der Waals surface area contributed by atoms with Crippen molar-refractivity contribution < 1.29 is 0 Å². The first-order valence-electron chi connectivity index (χ1n) is 3.74. The SMILES string of the molecule is C=C/C=C(\C)[CH2][Sn]([CH3])([CH3])[CH3]. The number of hydrogen-bond donors (Lipinski definition) is 0. The molecular weight excluding hydrogens is 227 g/mol. The Kier molecular flexibility index (Phi) is 4.34.